The first-order valence-corrected chi connectivity index (χ1v) is 6.23. The first-order chi connectivity index (χ1) is 9.88. The highest BCUT2D eigenvalue weighted by Gasteiger charge is 2.13. The van der Waals surface area contributed by atoms with E-state index in [1.54, 1.807) is 13.0 Å². The number of aromatic nitrogens is 1. The van der Waals surface area contributed by atoms with Gasteiger partial charge in [-0.05, 0) is 37.6 Å². The number of carboxylic acids is 1. The van der Waals surface area contributed by atoms with Crippen molar-refractivity contribution in [3.63, 3.8) is 0 Å². The van der Waals surface area contributed by atoms with Gasteiger partial charge in [0.1, 0.15) is 5.69 Å². The Morgan fingerprint density at radius 1 is 1.14 bits per heavy atom. The molecule has 2 aromatic rings. The summed E-state index contributed by atoms with van der Waals surface area (Å²) in [7, 11) is 0. The summed E-state index contributed by atoms with van der Waals surface area (Å²) in [6.07, 6.45) is 1.46. The van der Waals surface area contributed by atoms with E-state index in [9.17, 15) is 14.4 Å². The third-order valence-electron chi connectivity index (χ3n) is 3.07. The summed E-state index contributed by atoms with van der Waals surface area (Å²) in [5, 5.41) is 11.6. The standard InChI is InChI=1S/C15H14N2O4/c1-8-3-4-10(15(20)21)5-12(8)17-14(19)13-6-11(7-16-13)9(2)18/h3-7,16H,1-2H3,(H,17,19)(H,20,21). The van der Waals surface area contributed by atoms with Crippen LogP contribution in [0.1, 0.15) is 43.7 Å². The minimum Gasteiger partial charge on any atom is -0.478 e. The highest BCUT2D eigenvalue weighted by molar-refractivity contribution is 6.06. The van der Waals surface area contributed by atoms with Gasteiger partial charge in [0.25, 0.3) is 5.91 Å². The van der Waals surface area contributed by atoms with Crippen LogP contribution in [0.5, 0.6) is 0 Å². The molecule has 1 amide bonds. The Balaban J connectivity index is 2.24. The van der Waals surface area contributed by atoms with E-state index < -0.39 is 11.9 Å². The number of nitrogens with one attached hydrogen (secondary N) is 2. The summed E-state index contributed by atoms with van der Waals surface area (Å²) in [4.78, 5) is 36.9. The number of aromatic carboxylic acids is 1. The summed E-state index contributed by atoms with van der Waals surface area (Å²) in [5.41, 5.74) is 1.90. The molecule has 2 rings (SSSR count). The van der Waals surface area contributed by atoms with Gasteiger partial charge in [0.2, 0.25) is 0 Å². The zero-order valence-electron chi connectivity index (χ0n) is 11.6. The largest absolute Gasteiger partial charge is 0.478 e. The van der Waals surface area contributed by atoms with Gasteiger partial charge in [-0.15, -0.1) is 0 Å². The van der Waals surface area contributed by atoms with Crippen LogP contribution in [-0.4, -0.2) is 27.8 Å². The number of rotatable bonds is 4. The molecule has 0 unspecified atom stereocenters. The van der Waals surface area contributed by atoms with Gasteiger partial charge in [-0.3, -0.25) is 9.59 Å². The van der Waals surface area contributed by atoms with Gasteiger partial charge in [0.05, 0.1) is 5.56 Å². The van der Waals surface area contributed by atoms with Crippen molar-refractivity contribution in [2.24, 2.45) is 0 Å². The number of hydrogen-bond donors (Lipinski definition) is 3. The fourth-order valence-corrected chi connectivity index (χ4v) is 1.81. The molecule has 1 aromatic heterocycles. The minimum absolute atomic E-state index is 0.0896. The maximum Gasteiger partial charge on any atom is 0.335 e. The maximum absolute atomic E-state index is 12.1. The Bertz CT molecular complexity index is 731. The number of amides is 1. The number of H-pyrrole nitrogens is 1. The van der Waals surface area contributed by atoms with E-state index in [0.717, 1.165) is 5.56 Å². The van der Waals surface area contributed by atoms with Crippen LogP contribution >= 0.6 is 0 Å². The van der Waals surface area contributed by atoms with Crippen LogP contribution in [0.4, 0.5) is 5.69 Å². The van der Waals surface area contributed by atoms with Crippen LogP contribution in [0.3, 0.4) is 0 Å². The van der Waals surface area contributed by atoms with Crippen LogP contribution < -0.4 is 5.32 Å². The molecule has 0 aliphatic heterocycles. The SMILES string of the molecule is CC(=O)c1c[nH]c(C(=O)Nc2cc(C(=O)O)ccc2C)c1. The number of hydrogen-bond acceptors (Lipinski definition) is 3. The van der Waals surface area contributed by atoms with E-state index in [-0.39, 0.29) is 17.0 Å². The molecule has 1 heterocycles. The molecule has 1 aromatic carbocycles. The third-order valence-corrected chi connectivity index (χ3v) is 3.07. The predicted octanol–water partition coefficient (Wildman–Crippen LogP) is 2.48. The fourth-order valence-electron chi connectivity index (χ4n) is 1.81. The van der Waals surface area contributed by atoms with Crippen molar-refractivity contribution in [3.8, 4) is 0 Å². The second-order valence-electron chi connectivity index (χ2n) is 4.65. The number of anilines is 1. The highest BCUT2D eigenvalue weighted by atomic mass is 16.4. The monoisotopic (exact) mass is 286 g/mol. The zero-order chi connectivity index (χ0) is 15.6. The van der Waals surface area contributed by atoms with Crippen molar-refractivity contribution in [3.05, 3.63) is 52.8 Å². The van der Waals surface area contributed by atoms with Crippen LogP contribution in [0.2, 0.25) is 0 Å². The van der Waals surface area contributed by atoms with E-state index in [4.69, 9.17) is 5.11 Å². The van der Waals surface area contributed by atoms with Crippen LogP contribution in [-0.2, 0) is 0 Å². The minimum atomic E-state index is -1.07. The second kappa shape index (κ2) is 5.62. The van der Waals surface area contributed by atoms with E-state index in [1.807, 2.05) is 0 Å². The quantitative estimate of drug-likeness (QED) is 0.752. The van der Waals surface area contributed by atoms with Gasteiger partial charge in [-0.25, -0.2) is 4.79 Å². The van der Waals surface area contributed by atoms with Crippen molar-refractivity contribution in [1.82, 2.24) is 4.98 Å². The number of carbonyl (C=O) groups excluding carboxylic acids is 2. The van der Waals surface area contributed by atoms with Crippen molar-refractivity contribution in [2.75, 3.05) is 5.32 Å². The normalized spacial score (nSPS) is 10.2. The molecule has 3 N–H and O–H groups in total. The summed E-state index contributed by atoms with van der Waals surface area (Å²) < 4.78 is 0. The van der Waals surface area contributed by atoms with Gasteiger partial charge < -0.3 is 15.4 Å². The lowest BCUT2D eigenvalue weighted by Crippen LogP contribution is -2.13. The molecule has 0 aliphatic rings. The van der Waals surface area contributed by atoms with Crippen molar-refractivity contribution >= 4 is 23.3 Å². The van der Waals surface area contributed by atoms with E-state index in [1.165, 1.54) is 31.3 Å². The van der Waals surface area contributed by atoms with E-state index >= 15 is 0 Å². The van der Waals surface area contributed by atoms with Crippen molar-refractivity contribution in [1.29, 1.82) is 0 Å². The molecule has 108 valence electrons. The summed E-state index contributed by atoms with van der Waals surface area (Å²) in [6, 6.07) is 5.93. The summed E-state index contributed by atoms with van der Waals surface area (Å²) >= 11 is 0. The Kier molecular flexibility index (Phi) is 3.89. The van der Waals surface area contributed by atoms with Gasteiger partial charge in [-0.2, -0.15) is 0 Å². The molecule has 0 saturated heterocycles. The molecule has 0 saturated carbocycles. The summed E-state index contributed by atoms with van der Waals surface area (Å²) in [5.74, 6) is -1.65. The number of aryl methyl sites for hydroxylation is 1. The molecule has 0 aliphatic carbocycles. The zero-order valence-corrected chi connectivity index (χ0v) is 11.6. The lowest BCUT2D eigenvalue weighted by Gasteiger charge is -2.08. The Labute approximate surface area is 120 Å². The van der Waals surface area contributed by atoms with E-state index in [0.29, 0.717) is 11.3 Å². The first kappa shape index (κ1) is 14.5. The molecule has 0 spiro atoms. The molecule has 6 nitrogen and oxygen atoms in total. The highest BCUT2D eigenvalue weighted by Crippen LogP contribution is 2.18. The van der Waals surface area contributed by atoms with E-state index in [2.05, 4.69) is 10.3 Å². The average Bonchev–Trinajstić information content (AvgIpc) is 2.90. The van der Waals surface area contributed by atoms with Gasteiger partial charge in [-0.1, -0.05) is 6.07 Å². The predicted molar refractivity (Wildman–Crippen MR) is 76.9 cm³/mol. The maximum atomic E-state index is 12.1. The molecule has 6 heteroatoms. The number of benzene rings is 1. The molecule has 0 atom stereocenters. The van der Waals surface area contributed by atoms with Crippen LogP contribution in [0, 0.1) is 6.92 Å². The topological polar surface area (TPSA) is 99.3 Å². The number of carbonyl (C=O) groups is 3. The molecular weight excluding hydrogens is 272 g/mol. The lowest BCUT2D eigenvalue weighted by atomic mass is 10.1. The van der Waals surface area contributed by atoms with Crippen LogP contribution in [0.25, 0.3) is 0 Å². The first-order valence-electron chi connectivity index (χ1n) is 6.23. The van der Waals surface area contributed by atoms with Crippen molar-refractivity contribution < 1.29 is 19.5 Å². The number of ketones is 1. The average molecular weight is 286 g/mol. The van der Waals surface area contributed by atoms with Gasteiger partial charge >= 0.3 is 5.97 Å². The lowest BCUT2D eigenvalue weighted by molar-refractivity contribution is 0.0696. The van der Waals surface area contributed by atoms with Gasteiger partial charge in [0.15, 0.2) is 5.78 Å². The van der Waals surface area contributed by atoms with Crippen molar-refractivity contribution in [2.45, 2.75) is 13.8 Å². The smallest absolute Gasteiger partial charge is 0.335 e. The van der Waals surface area contributed by atoms with Gasteiger partial charge in [0, 0.05) is 17.4 Å². The Morgan fingerprint density at radius 3 is 2.43 bits per heavy atom. The van der Waals surface area contributed by atoms with Crippen LogP contribution in [0.15, 0.2) is 30.5 Å². The number of Topliss-reactive ketones (excluding diaryl/α,β-unsaturated/α-hetero) is 1. The number of carboxylic acid groups (broad SMARTS) is 1. The molecule has 0 fully saturated rings. The Hall–Kier alpha value is -2.89. The number of aromatic amines is 1. The summed E-state index contributed by atoms with van der Waals surface area (Å²) in [6.45, 7) is 3.17. The molecular formula is C15H14N2O4. The molecule has 0 radical (unpaired) electrons. The molecule has 0 bridgehead atoms. The second-order valence-corrected chi connectivity index (χ2v) is 4.65. The molecule has 21 heavy (non-hydrogen) atoms. The third kappa shape index (κ3) is 3.17. The Morgan fingerprint density at radius 2 is 1.86 bits per heavy atom. The fraction of sp³-hybridized carbons (Fsp3) is 0.133.